The number of rotatable bonds is 5. The van der Waals surface area contributed by atoms with Crippen LogP contribution in [0, 0.1) is 18.2 Å². The molecule has 4 rings (SSSR count). The largest absolute Gasteiger partial charge is 0.381 e. The molecule has 2 aromatic carbocycles. The molecule has 0 spiro atoms. The maximum Gasteiger partial charge on any atom is 0.232 e. The summed E-state index contributed by atoms with van der Waals surface area (Å²) in [5.74, 6) is -0.269. The SMILES string of the molecule is C=O.CCCC1(c2ccc(N(C(=O)C(C)(C)C)C3CC3)c(F)c2)CCOCC1.Cc1ccc(Cl)cc1. The van der Waals surface area contributed by atoms with Crippen molar-refractivity contribution in [3.05, 3.63) is 64.4 Å². The van der Waals surface area contributed by atoms with E-state index in [1.807, 2.05) is 70.9 Å². The van der Waals surface area contributed by atoms with Crippen molar-refractivity contribution in [1.29, 1.82) is 0 Å². The van der Waals surface area contributed by atoms with Gasteiger partial charge < -0.3 is 14.4 Å². The second kappa shape index (κ2) is 13.3. The molecule has 36 heavy (non-hydrogen) atoms. The number of halogens is 2. The van der Waals surface area contributed by atoms with Crippen molar-refractivity contribution in [2.24, 2.45) is 5.41 Å². The first-order valence-corrected chi connectivity index (χ1v) is 13.2. The van der Waals surface area contributed by atoms with Crippen LogP contribution < -0.4 is 4.90 Å². The summed E-state index contributed by atoms with van der Waals surface area (Å²) >= 11 is 5.61. The highest BCUT2D eigenvalue weighted by Crippen LogP contribution is 2.42. The van der Waals surface area contributed by atoms with Gasteiger partial charge in [0.15, 0.2) is 0 Å². The number of ether oxygens (including phenoxy) is 1. The van der Waals surface area contributed by atoms with Gasteiger partial charge in [0.1, 0.15) is 12.6 Å². The normalized spacial score (nSPS) is 16.6. The molecule has 1 saturated heterocycles. The molecule has 1 heterocycles. The van der Waals surface area contributed by atoms with Crippen LogP contribution >= 0.6 is 11.6 Å². The lowest BCUT2D eigenvalue weighted by atomic mass is 9.71. The minimum Gasteiger partial charge on any atom is -0.381 e. The van der Waals surface area contributed by atoms with Crippen LogP contribution in [0.5, 0.6) is 0 Å². The molecule has 0 N–H and O–H groups in total. The van der Waals surface area contributed by atoms with Crippen LogP contribution in [0.1, 0.15) is 77.3 Å². The van der Waals surface area contributed by atoms with Crippen LogP contribution in [0.3, 0.4) is 0 Å². The van der Waals surface area contributed by atoms with Gasteiger partial charge in [0.2, 0.25) is 5.91 Å². The average molecular weight is 518 g/mol. The summed E-state index contributed by atoms with van der Waals surface area (Å²) < 4.78 is 20.7. The molecule has 2 aliphatic rings. The van der Waals surface area contributed by atoms with Gasteiger partial charge in [-0.3, -0.25) is 4.79 Å². The molecule has 0 bridgehead atoms. The van der Waals surface area contributed by atoms with E-state index in [0.717, 1.165) is 62.3 Å². The van der Waals surface area contributed by atoms with Gasteiger partial charge in [0.25, 0.3) is 0 Å². The lowest BCUT2D eigenvalue weighted by Gasteiger charge is -2.38. The minimum absolute atomic E-state index is 0.000915. The highest BCUT2D eigenvalue weighted by Gasteiger charge is 2.40. The van der Waals surface area contributed by atoms with Gasteiger partial charge >= 0.3 is 0 Å². The fourth-order valence-corrected chi connectivity index (χ4v) is 4.78. The van der Waals surface area contributed by atoms with E-state index in [0.29, 0.717) is 5.69 Å². The zero-order chi connectivity index (χ0) is 26.9. The predicted molar refractivity (Wildman–Crippen MR) is 146 cm³/mol. The van der Waals surface area contributed by atoms with Crippen molar-refractivity contribution in [3.8, 4) is 0 Å². The topological polar surface area (TPSA) is 46.6 Å². The Hall–Kier alpha value is -2.24. The summed E-state index contributed by atoms with van der Waals surface area (Å²) in [6.07, 6.45) is 5.91. The van der Waals surface area contributed by atoms with E-state index in [9.17, 15) is 4.79 Å². The predicted octanol–water partition coefficient (Wildman–Crippen LogP) is 7.68. The zero-order valence-corrected chi connectivity index (χ0v) is 23.2. The van der Waals surface area contributed by atoms with Crippen LogP contribution in [-0.2, 0) is 19.7 Å². The maximum absolute atomic E-state index is 15.2. The van der Waals surface area contributed by atoms with Crippen molar-refractivity contribution < 1.29 is 18.7 Å². The molecule has 0 unspecified atom stereocenters. The summed E-state index contributed by atoms with van der Waals surface area (Å²) in [5, 5.41) is 0.801. The number of carbonyl (C=O) groups excluding carboxylic acids is 2. The lowest BCUT2D eigenvalue weighted by molar-refractivity contribution is -0.125. The van der Waals surface area contributed by atoms with Crippen LogP contribution in [0.2, 0.25) is 5.02 Å². The Morgan fingerprint density at radius 1 is 1.11 bits per heavy atom. The molecule has 1 amide bonds. The maximum atomic E-state index is 15.2. The van der Waals surface area contributed by atoms with E-state index in [4.69, 9.17) is 21.1 Å². The molecule has 198 valence electrons. The molecule has 1 aliphatic heterocycles. The molecule has 0 radical (unpaired) electrons. The Labute approximate surface area is 221 Å². The molecule has 0 aromatic heterocycles. The molecule has 4 nitrogen and oxygen atoms in total. The van der Waals surface area contributed by atoms with Gasteiger partial charge in [-0.2, -0.15) is 0 Å². The van der Waals surface area contributed by atoms with Gasteiger partial charge in [-0.05, 0) is 74.3 Å². The van der Waals surface area contributed by atoms with Crippen LogP contribution in [-0.4, -0.2) is 32.0 Å². The van der Waals surface area contributed by atoms with Crippen LogP contribution in [0.25, 0.3) is 0 Å². The number of aryl methyl sites for hydroxylation is 1. The Balaban J connectivity index is 0.000000384. The number of benzene rings is 2. The summed E-state index contributed by atoms with van der Waals surface area (Å²) in [4.78, 5) is 22.6. The third kappa shape index (κ3) is 7.88. The van der Waals surface area contributed by atoms with Crippen molar-refractivity contribution in [2.75, 3.05) is 18.1 Å². The molecule has 1 saturated carbocycles. The van der Waals surface area contributed by atoms with Crippen molar-refractivity contribution in [1.82, 2.24) is 0 Å². The molecular formula is C30H41ClFNO3. The second-order valence-corrected chi connectivity index (χ2v) is 11.2. The quantitative estimate of drug-likeness (QED) is 0.408. The van der Waals surface area contributed by atoms with Gasteiger partial charge in [-0.15, -0.1) is 0 Å². The number of hydrogen-bond donors (Lipinski definition) is 0. The van der Waals surface area contributed by atoms with Gasteiger partial charge in [-0.1, -0.05) is 69.5 Å². The molecule has 1 aliphatic carbocycles. The first-order valence-electron chi connectivity index (χ1n) is 12.8. The van der Waals surface area contributed by atoms with E-state index in [-0.39, 0.29) is 23.2 Å². The van der Waals surface area contributed by atoms with Gasteiger partial charge in [-0.25, -0.2) is 4.39 Å². The Kier molecular flexibility index (Phi) is 11.1. The van der Waals surface area contributed by atoms with E-state index in [1.54, 1.807) is 11.0 Å². The summed E-state index contributed by atoms with van der Waals surface area (Å²) in [7, 11) is 0. The number of nitrogens with zero attached hydrogens (tertiary/aromatic N) is 1. The molecule has 2 aromatic rings. The monoisotopic (exact) mass is 517 g/mol. The first-order chi connectivity index (χ1) is 17.1. The van der Waals surface area contributed by atoms with E-state index in [2.05, 4.69) is 6.92 Å². The fraction of sp³-hybridized carbons (Fsp3) is 0.533. The summed E-state index contributed by atoms with van der Waals surface area (Å²) in [5.41, 5.74) is 2.23. The molecule has 2 fully saturated rings. The minimum atomic E-state index is -0.516. The number of amides is 1. The van der Waals surface area contributed by atoms with E-state index in [1.165, 1.54) is 5.56 Å². The highest BCUT2D eigenvalue weighted by atomic mass is 35.5. The van der Waals surface area contributed by atoms with Crippen molar-refractivity contribution >= 4 is 30.0 Å². The molecule has 0 atom stereocenters. The smallest absolute Gasteiger partial charge is 0.232 e. The highest BCUT2D eigenvalue weighted by molar-refractivity contribution is 6.30. The van der Waals surface area contributed by atoms with E-state index >= 15 is 4.39 Å². The summed E-state index contributed by atoms with van der Waals surface area (Å²) in [6.45, 7) is 13.4. The molecular weight excluding hydrogens is 477 g/mol. The second-order valence-electron chi connectivity index (χ2n) is 10.8. The zero-order valence-electron chi connectivity index (χ0n) is 22.4. The number of anilines is 1. The first kappa shape index (κ1) is 30.0. The van der Waals surface area contributed by atoms with Gasteiger partial charge in [0, 0.05) is 29.7 Å². The number of hydrogen-bond acceptors (Lipinski definition) is 3. The average Bonchev–Trinajstić information content (AvgIpc) is 3.69. The summed E-state index contributed by atoms with van der Waals surface area (Å²) in [6, 6.07) is 13.5. The third-order valence-corrected chi connectivity index (χ3v) is 7.03. The van der Waals surface area contributed by atoms with Gasteiger partial charge in [0.05, 0.1) is 5.69 Å². The van der Waals surface area contributed by atoms with Crippen LogP contribution in [0.15, 0.2) is 42.5 Å². The lowest BCUT2D eigenvalue weighted by Crippen LogP contribution is -2.41. The fourth-order valence-electron chi connectivity index (χ4n) is 4.66. The van der Waals surface area contributed by atoms with Crippen LogP contribution in [0.4, 0.5) is 10.1 Å². The number of carbonyl (C=O) groups is 2. The Morgan fingerprint density at radius 2 is 1.69 bits per heavy atom. The standard InChI is InChI=1S/C22H32FNO2.C7H7Cl.CH2O/c1-5-10-22(11-13-26-14-12-22)16-6-9-19(18(23)15-16)24(17-7-8-17)20(25)21(2,3)4;1-6-2-4-7(8)5-3-6;1-2/h6,9,15,17H,5,7-8,10-14H2,1-4H3;2-5H,1H3;1H2. The van der Waals surface area contributed by atoms with Crippen molar-refractivity contribution in [3.63, 3.8) is 0 Å². The Bertz CT molecular complexity index is 950. The van der Waals surface area contributed by atoms with E-state index < -0.39 is 5.41 Å². The molecule has 6 heteroatoms. The third-order valence-electron chi connectivity index (χ3n) is 6.78. The Morgan fingerprint density at radius 3 is 2.14 bits per heavy atom. The van der Waals surface area contributed by atoms with Crippen molar-refractivity contribution in [2.45, 2.75) is 84.6 Å².